The number of benzene rings is 2. The van der Waals surface area contributed by atoms with Crippen LogP contribution in [0.25, 0.3) is 11.1 Å². The standard InChI is InChI=1S/C20H27N3O2/c1-15(2)25-13-12-21-20(24)22-18-7-5-6-17(14-18)16-8-10-19(11-9-16)23(3)4/h5-11,14-15H,12-13H2,1-4H3,(H2,21,22,24). The molecule has 5 nitrogen and oxygen atoms in total. The lowest BCUT2D eigenvalue weighted by Gasteiger charge is -2.13. The van der Waals surface area contributed by atoms with Gasteiger partial charge in [-0.05, 0) is 49.2 Å². The summed E-state index contributed by atoms with van der Waals surface area (Å²) in [6.07, 6.45) is 0.167. The minimum absolute atomic E-state index is 0.167. The number of hydrogen-bond donors (Lipinski definition) is 2. The second-order valence-corrected chi connectivity index (χ2v) is 6.32. The van der Waals surface area contributed by atoms with Crippen molar-refractivity contribution in [2.75, 3.05) is 37.5 Å². The van der Waals surface area contributed by atoms with E-state index in [9.17, 15) is 4.79 Å². The van der Waals surface area contributed by atoms with Crippen molar-refractivity contribution in [3.63, 3.8) is 0 Å². The summed E-state index contributed by atoms with van der Waals surface area (Å²) in [5, 5.41) is 5.64. The van der Waals surface area contributed by atoms with Crippen molar-refractivity contribution in [1.82, 2.24) is 5.32 Å². The summed E-state index contributed by atoms with van der Waals surface area (Å²) in [5.74, 6) is 0. The summed E-state index contributed by atoms with van der Waals surface area (Å²) in [4.78, 5) is 14.0. The minimum Gasteiger partial charge on any atom is -0.378 e. The quantitative estimate of drug-likeness (QED) is 0.749. The van der Waals surface area contributed by atoms with Crippen molar-refractivity contribution < 1.29 is 9.53 Å². The molecule has 5 heteroatoms. The Hall–Kier alpha value is -2.53. The van der Waals surface area contributed by atoms with Crippen LogP contribution >= 0.6 is 0 Å². The van der Waals surface area contributed by atoms with Crippen LogP contribution in [0.1, 0.15) is 13.8 Å². The van der Waals surface area contributed by atoms with Crippen molar-refractivity contribution >= 4 is 17.4 Å². The third-order valence-electron chi connectivity index (χ3n) is 3.68. The lowest BCUT2D eigenvalue weighted by atomic mass is 10.0. The smallest absolute Gasteiger partial charge is 0.319 e. The fourth-order valence-electron chi connectivity index (χ4n) is 2.36. The van der Waals surface area contributed by atoms with Crippen molar-refractivity contribution in [2.24, 2.45) is 0 Å². The van der Waals surface area contributed by atoms with Gasteiger partial charge >= 0.3 is 6.03 Å². The van der Waals surface area contributed by atoms with Gasteiger partial charge < -0.3 is 20.3 Å². The Labute approximate surface area is 150 Å². The van der Waals surface area contributed by atoms with E-state index in [-0.39, 0.29) is 12.1 Å². The van der Waals surface area contributed by atoms with Crippen LogP contribution in [-0.4, -0.2) is 39.4 Å². The first-order chi connectivity index (χ1) is 12.0. The molecule has 0 aliphatic heterocycles. The molecule has 2 rings (SSSR count). The molecule has 0 saturated carbocycles. The van der Waals surface area contributed by atoms with Crippen LogP contribution in [0, 0.1) is 0 Å². The first-order valence-electron chi connectivity index (χ1n) is 8.50. The van der Waals surface area contributed by atoms with Gasteiger partial charge in [-0.2, -0.15) is 0 Å². The van der Waals surface area contributed by atoms with Crippen molar-refractivity contribution in [1.29, 1.82) is 0 Å². The summed E-state index contributed by atoms with van der Waals surface area (Å²) in [5.41, 5.74) is 4.09. The molecule has 2 aromatic carbocycles. The van der Waals surface area contributed by atoms with Crippen LogP contribution < -0.4 is 15.5 Å². The summed E-state index contributed by atoms with van der Waals surface area (Å²) >= 11 is 0. The molecule has 2 amide bonds. The van der Waals surface area contributed by atoms with Gasteiger partial charge in [0.05, 0.1) is 12.7 Å². The molecule has 0 aliphatic carbocycles. The molecule has 0 atom stereocenters. The van der Waals surface area contributed by atoms with E-state index >= 15 is 0 Å². The highest BCUT2D eigenvalue weighted by Crippen LogP contribution is 2.24. The molecule has 2 N–H and O–H groups in total. The SMILES string of the molecule is CC(C)OCCNC(=O)Nc1cccc(-c2ccc(N(C)C)cc2)c1. The molecule has 0 aliphatic rings. The van der Waals surface area contributed by atoms with Crippen LogP contribution in [0.15, 0.2) is 48.5 Å². The average Bonchev–Trinajstić information content (AvgIpc) is 2.59. The third kappa shape index (κ3) is 6.12. The Morgan fingerprint density at radius 2 is 1.80 bits per heavy atom. The maximum Gasteiger partial charge on any atom is 0.319 e. The number of nitrogens with one attached hydrogen (secondary N) is 2. The fourth-order valence-corrected chi connectivity index (χ4v) is 2.36. The first kappa shape index (κ1) is 18.8. The van der Waals surface area contributed by atoms with Crippen LogP contribution in [0.4, 0.5) is 16.2 Å². The predicted molar refractivity (Wildman–Crippen MR) is 104 cm³/mol. The van der Waals surface area contributed by atoms with Crippen LogP contribution in [-0.2, 0) is 4.74 Å². The van der Waals surface area contributed by atoms with E-state index in [1.807, 2.05) is 52.2 Å². The lowest BCUT2D eigenvalue weighted by molar-refractivity contribution is 0.0820. The van der Waals surface area contributed by atoms with Crippen molar-refractivity contribution in [3.05, 3.63) is 48.5 Å². The number of amides is 2. The van der Waals surface area contributed by atoms with Crippen LogP contribution in [0.5, 0.6) is 0 Å². The number of urea groups is 1. The van der Waals surface area contributed by atoms with Crippen molar-refractivity contribution in [2.45, 2.75) is 20.0 Å². The topological polar surface area (TPSA) is 53.6 Å². The fraction of sp³-hybridized carbons (Fsp3) is 0.350. The highest BCUT2D eigenvalue weighted by atomic mass is 16.5. The number of carbonyl (C=O) groups is 1. The summed E-state index contributed by atoms with van der Waals surface area (Å²) in [6, 6.07) is 15.9. The molecular weight excluding hydrogens is 314 g/mol. The Morgan fingerprint density at radius 1 is 1.08 bits per heavy atom. The highest BCUT2D eigenvalue weighted by Gasteiger charge is 2.04. The van der Waals surface area contributed by atoms with Crippen LogP contribution in [0.3, 0.4) is 0 Å². The Bertz CT molecular complexity index is 682. The third-order valence-corrected chi connectivity index (χ3v) is 3.68. The molecule has 0 unspecified atom stereocenters. The molecule has 0 saturated heterocycles. The number of ether oxygens (including phenoxy) is 1. The molecule has 0 bridgehead atoms. The largest absolute Gasteiger partial charge is 0.378 e. The normalized spacial score (nSPS) is 10.6. The molecule has 2 aromatic rings. The summed E-state index contributed by atoms with van der Waals surface area (Å²) < 4.78 is 5.40. The zero-order valence-electron chi connectivity index (χ0n) is 15.4. The van der Waals surface area contributed by atoms with Gasteiger partial charge in [-0.3, -0.25) is 0 Å². The monoisotopic (exact) mass is 341 g/mol. The number of hydrogen-bond acceptors (Lipinski definition) is 3. The molecular formula is C20H27N3O2. The molecule has 0 fully saturated rings. The first-order valence-corrected chi connectivity index (χ1v) is 8.50. The molecule has 0 radical (unpaired) electrons. The average molecular weight is 341 g/mol. The van der Waals surface area contributed by atoms with Gasteiger partial charge in [0, 0.05) is 32.0 Å². The zero-order chi connectivity index (χ0) is 18.2. The number of rotatable bonds is 7. The van der Waals surface area contributed by atoms with Crippen molar-refractivity contribution in [3.8, 4) is 11.1 Å². The minimum atomic E-state index is -0.229. The van der Waals surface area contributed by atoms with Gasteiger partial charge in [0.1, 0.15) is 0 Å². The lowest BCUT2D eigenvalue weighted by Crippen LogP contribution is -2.32. The number of carbonyl (C=O) groups excluding carboxylic acids is 1. The van der Waals surface area contributed by atoms with E-state index in [1.165, 1.54) is 0 Å². The van der Waals surface area contributed by atoms with E-state index in [0.717, 1.165) is 22.5 Å². The Kier molecular flexibility index (Phi) is 6.83. The maximum absolute atomic E-state index is 11.9. The van der Waals surface area contributed by atoms with Gasteiger partial charge in [0.25, 0.3) is 0 Å². The van der Waals surface area contributed by atoms with Gasteiger partial charge in [-0.1, -0.05) is 24.3 Å². The molecule has 0 spiro atoms. The Balaban J connectivity index is 1.95. The molecule has 0 aromatic heterocycles. The summed E-state index contributed by atoms with van der Waals surface area (Å²) in [7, 11) is 4.04. The second kappa shape index (κ2) is 9.08. The van der Waals surface area contributed by atoms with E-state index in [0.29, 0.717) is 13.2 Å². The maximum atomic E-state index is 11.9. The van der Waals surface area contributed by atoms with Gasteiger partial charge in [0.15, 0.2) is 0 Å². The van der Waals surface area contributed by atoms with Gasteiger partial charge in [-0.25, -0.2) is 4.79 Å². The molecule has 134 valence electrons. The summed E-state index contributed by atoms with van der Waals surface area (Å²) in [6.45, 7) is 4.92. The van der Waals surface area contributed by atoms with Gasteiger partial charge in [-0.15, -0.1) is 0 Å². The van der Waals surface area contributed by atoms with E-state index < -0.39 is 0 Å². The second-order valence-electron chi connectivity index (χ2n) is 6.32. The molecule has 0 heterocycles. The van der Waals surface area contributed by atoms with Gasteiger partial charge in [0.2, 0.25) is 0 Å². The number of nitrogens with zero attached hydrogens (tertiary/aromatic N) is 1. The van der Waals surface area contributed by atoms with E-state index in [2.05, 4.69) is 39.8 Å². The molecule has 25 heavy (non-hydrogen) atoms. The number of anilines is 2. The Morgan fingerprint density at radius 3 is 2.44 bits per heavy atom. The van der Waals surface area contributed by atoms with E-state index in [1.54, 1.807) is 0 Å². The van der Waals surface area contributed by atoms with E-state index in [4.69, 9.17) is 4.74 Å². The highest BCUT2D eigenvalue weighted by molar-refractivity contribution is 5.90. The predicted octanol–water partition coefficient (Wildman–Crippen LogP) is 3.97. The zero-order valence-corrected chi connectivity index (χ0v) is 15.4. The van der Waals surface area contributed by atoms with Crippen LogP contribution in [0.2, 0.25) is 0 Å².